The number of aromatic nitrogens is 2. The first-order valence-electron chi connectivity index (χ1n) is 11.1. The number of benzene rings is 1. The lowest BCUT2D eigenvalue weighted by atomic mass is 10.1. The summed E-state index contributed by atoms with van der Waals surface area (Å²) in [7, 11) is -1.15. The second-order valence-corrected chi connectivity index (χ2v) is 14.4. The van der Waals surface area contributed by atoms with Crippen LogP contribution in [0, 0.1) is 0 Å². The zero-order chi connectivity index (χ0) is 23.6. The van der Waals surface area contributed by atoms with Crippen molar-refractivity contribution in [3.05, 3.63) is 53.6 Å². The van der Waals surface area contributed by atoms with Crippen molar-refractivity contribution >= 4 is 14.2 Å². The fraction of sp³-hybridized carbons (Fsp3) is 0.565. The SMILES string of the molecule is CCOC(OCC)c1ccc(CN(Cc2nccn2COCC[Si](C)(C)C)C(=O)O)cc1. The average molecular weight is 464 g/mol. The van der Waals surface area contributed by atoms with Gasteiger partial charge in [0.15, 0.2) is 6.29 Å². The number of hydrogen-bond donors (Lipinski definition) is 1. The maximum Gasteiger partial charge on any atom is 0.408 e. The summed E-state index contributed by atoms with van der Waals surface area (Å²) in [6, 6.07) is 8.73. The van der Waals surface area contributed by atoms with Gasteiger partial charge in [-0.05, 0) is 25.5 Å². The highest BCUT2D eigenvalue weighted by molar-refractivity contribution is 6.76. The highest BCUT2D eigenvalue weighted by Crippen LogP contribution is 2.20. The van der Waals surface area contributed by atoms with E-state index in [1.54, 1.807) is 6.20 Å². The van der Waals surface area contributed by atoms with E-state index in [1.807, 2.05) is 48.9 Å². The van der Waals surface area contributed by atoms with Crippen molar-refractivity contribution in [2.45, 2.75) is 65.6 Å². The van der Waals surface area contributed by atoms with Gasteiger partial charge in [0.1, 0.15) is 12.6 Å². The molecule has 1 amide bonds. The molecule has 0 spiro atoms. The molecule has 0 fully saturated rings. The minimum atomic E-state index is -1.15. The van der Waals surface area contributed by atoms with Gasteiger partial charge in [-0.1, -0.05) is 43.9 Å². The van der Waals surface area contributed by atoms with Crippen molar-refractivity contribution in [3.63, 3.8) is 0 Å². The topological polar surface area (TPSA) is 86.0 Å². The number of imidazole rings is 1. The van der Waals surface area contributed by atoms with Crippen LogP contribution in [-0.2, 0) is 34.0 Å². The van der Waals surface area contributed by atoms with Gasteiger partial charge in [-0.15, -0.1) is 0 Å². The van der Waals surface area contributed by atoms with Gasteiger partial charge in [-0.2, -0.15) is 0 Å². The summed E-state index contributed by atoms with van der Waals surface area (Å²) in [6.45, 7) is 13.4. The molecular formula is C23H37N3O5Si. The highest BCUT2D eigenvalue weighted by Gasteiger charge is 2.18. The van der Waals surface area contributed by atoms with Crippen LogP contribution in [0.1, 0.15) is 37.1 Å². The Balaban J connectivity index is 1.99. The van der Waals surface area contributed by atoms with Crippen LogP contribution in [0.4, 0.5) is 4.79 Å². The van der Waals surface area contributed by atoms with Crippen LogP contribution in [0.25, 0.3) is 0 Å². The maximum atomic E-state index is 11.9. The maximum absolute atomic E-state index is 11.9. The van der Waals surface area contributed by atoms with Gasteiger partial charge in [-0.3, -0.25) is 4.90 Å². The largest absolute Gasteiger partial charge is 0.465 e. The van der Waals surface area contributed by atoms with Gasteiger partial charge >= 0.3 is 6.09 Å². The summed E-state index contributed by atoms with van der Waals surface area (Å²) in [6.07, 6.45) is 2.08. The van der Waals surface area contributed by atoms with Crippen LogP contribution >= 0.6 is 0 Å². The molecule has 1 aromatic heterocycles. The molecule has 2 rings (SSSR count). The van der Waals surface area contributed by atoms with Crippen LogP contribution < -0.4 is 0 Å². The van der Waals surface area contributed by atoms with E-state index in [0.717, 1.165) is 17.2 Å². The number of ether oxygens (including phenoxy) is 3. The van der Waals surface area contributed by atoms with E-state index in [2.05, 4.69) is 24.6 Å². The standard InChI is InChI=1S/C23H37N3O5Si/c1-6-30-22(31-7-2)20-10-8-19(9-11-20)16-26(23(27)28)17-21-24-12-13-25(21)18-29-14-15-32(3,4)5/h8-13,22H,6-7,14-18H2,1-5H3,(H,27,28). The Kier molecular flexibility index (Phi) is 10.4. The molecule has 0 saturated carbocycles. The van der Waals surface area contributed by atoms with Gasteiger partial charge in [0.2, 0.25) is 0 Å². The van der Waals surface area contributed by atoms with E-state index >= 15 is 0 Å². The third-order valence-electron chi connectivity index (χ3n) is 4.89. The minimum Gasteiger partial charge on any atom is -0.465 e. The Bertz CT molecular complexity index is 814. The summed E-state index contributed by atoms with van der Waals surface area (Å²) in [4.78, 5) is 17.6. The van der Waals surface area contributed by atoms with Gasteiger partial charge in [0, 0.05) is 52.4 Å². The predicted molar refractivity (Wildman–Crippen MR) is 126 cm³/mol. The van der Waals surface area contributed by atoms with E-state index in [-0.39, 0.29) is 13.1 Å². The van der Waals surface area contributed by atoms with Crippen LogP contribution in [-0.4, -0.2) is 53.5 Å². The molecule has 0 aliphatic heterocycles. The minimum absolute atomic E-state index is 0.183. The quantitative estimate of drug-likeness (QED) is 0.242. The lowest BCUT2D eigenvalue weighted by Crippen LogP contribution is -2.30. The molecule has 1 N–H and O–H groups in total. The summed E-state index contributed by atoms with van der Waals surface area (Å²) >= 11 is 0. The molecule has 0 saturated heterocycles. The molecule has 178 valence electrons. The number of hydrogen-bond acceptors (Lipinski definition) is 5. The number of nitrogens with zero attached hydrogens (tertiary/aromatic N) is 3. The molecular weight excluding hydrogens is 426 g/mol. The van der Waals surface area contributed by atoms with Crippen molar-refractivity contribution in [1.29, 1.82) is 0 Å². The number of carbonyl (C=O) groups is 1. The Labute approximate surface area is 192 Å². The second-order valence-electron chi connectivity index (χ2n) is 8.78. The van der Waals surface area contributed by atoms with Gasteiger partial charge < -0.3 is 23.9 Å². The second kappa shape index (κ2) is 12.7. The first kappa shape index (κ1) is 26.1. The summed E-state index contributed by atoms with van der Waals surface area (Å²) < 4.78 is 18.9. The van der Waals surface area contributed by atoms with Gasteiger partial charge in [0.05, 0.1) is 6.54 Å². The Hall–Kier alpha value is -2.20. The van der Waals surface area contributed by atoms with E-state index < -0.39 is 20.5 Å². The normalized spacial score (nSPS) is 11.8. The molecule has 8 nitrogen and oxygen atoms in total. The zero-order valence-corrected chi connectivity index (χ0v) is 20.9. The van der Waals surface area contributed by atoms with Crippen molar-refractivity contribution in [2.24, 2.45) is 0 Å². The highest BCUT2D eigenvalue weighted by atomic mass is 28.3. The van der Waals surface area contributed by atoms with Crippen molar-refractivity contribution < 1.29 is 24.1 Å². The Morgan fingerprint density at radius 1 is 1.12 bits per heavy atom. The number of carboxylic acid groups (broad SMARTS) is 1. The van der Waals surface area contributed by atoms with E-state index in [9.17, 15) is 9.90 Å². The van der Waals surface area contributed by atoms with Crippen LogP contribution in [0.15, 0.2) is 36.7 Å². The summed E-state index contributed by atoms with van der Waals surface area (Å²) in [5, 5.41) is 9.73. The molecule has 0 bridgehead atoms. The average Bonchev–Trinajstić information content (AvgIpc) is 3.17. The van der Waals surface area contributed by atoms with Crippen molar-refractivity contribution in [3.8, 4) is 0 Å². The third kappa shape index (κ3) is 8.74. The van der Waals surface area contributed by atoms with E-state index in [4.69, 9.17) is 14.2 Å². The van der Waals surface area contributed by atoms with Crippen LogP contribution in [0.2, 0.25) is 25.7 Å². The third-order valence-corrected chi connectivity index (χ3v) is 6.60. The monoisotopic (exact) mass is 463 g/mol. The van der Waals surface area contributed by atoms with E-state index in [0.29, 0.717) is 32.4 Å². The molecule has 0 atom stereocenters. The molecule has 9 heteroatoms. The molecule has 0 aliphatic rings. The predicted octanol–water partition coefficient (Wildman–Crippen LogP) is 4.95. The smallest absolute Gasteiger partial charge is 0.408 e. The Morgan fingerprint density at radius 3 is 2.34 bits per heavy atom. The zero-order valence-electron chi connectivity index (χ0n) is 19.9. The van der Waals surface area contributed by atoms with Gasteiger partial charge in [-0.25, -0.2) is 9.78 Å². The van der Waals surface area contributed by atoms with Crippen LogP contribution in [0.5, 0.6) is 0 Å². The molecule has 1 aromatic carbocycles. The summed E-state index contributed by atoms with van der Waals surface area (Å²) in [5.74, 6) is 0.657. The van der Waals surface area contributed by atoms with Crippen LogP contribution in [0.3, 0.4) is 0 Å². The number of amides is 1. The molecule has 32 heavy (non-hydrogen) atoms. The Morgan fingerprint density at radius 2 is 1.78 bits per heavy atom. The lowest BCUT2D eigenvalue weighted by Gasteiger charge is -2.21. The molecule has 1 heterocycles. The molecule has 2 aromatic rings. The molecule has 0 radical (unpaired) electrons. The molecule has 0 aliphatic carbocycles. The lowest BCUT2D eigenvalue weighted by molar-refractivity contribution is -0.140. The first-order valence-corrected chi connectivity index (χ1v) is 14.8. The molecule has 0 unspecified atom stereocenters. The van der Waals surface area contributed by atoms with Gasteiger partial charge in [0.25, 0.3) is 0 Å². The van der Waals surface area contributed by atoms with E-state index in [1.165, 1.54) is 4.90 Å². The first-order chi connectivity index (χ1) is 15.2. The number of rotatable bonds is 14. The summed E-state index contributed by atoms with van der Waals surface area (Å²) in [5.41, 5.74) is 1.79. The van der Waals surface area contributed by atoms with Crippen molar-refractivity contribution in [2.75, 3.05) is 19.8 Å². The fourth-order valence-corrected chi connectivity index (χ4v) is 3.81. The van der Waals surface area contributed by atoms with Crippen molar-refractivity contribution in [1.82, 2.24) is 14.5 Å². The fourth-order valence-electron chi connectivity index (χ4n) is 3.06.